The summed E-state index contributed by atoms with van der Waals surface area (Å²) >= 11 is 13.1. The van der Waals surface area contributed by atoms with Crippen LogP contribution in [0.3, 0.4) is 0 Å². The molecule has 5 nitrogen and oxygen atoms in total. The van der Waals surface area contributed by atoms with Crippen LogP contribution in [0, 0.1) is 0 Å². The Balaban J connectivity index is 1.78. The Hall–Kier alpha value is -2.15. The minimum Gasteiger partial charge on any atom is -0.497 e. The number of benzene rings is 1. The fraction of sp³-hybridized carbons (Fsp3) is 0.0625. The second-order valence-corrected chi connectivity index (χ2v) is 6.34. The predicted octanol–water partition coefficient (Wildman–Crippen LogP) is 4.77. The standard InChI is InChI=1S/C16H11Cl2N3O2S/c1-23-10-4-2-9(3-5-10)12-8-24-16(19-12)21-15(22)14-11(17)6-7-13(18)20-14/h2-8H,1H3,(H,19,21,22). The number of amides is 1. The van der Waals surface area contributed by atoms with Gasteiger partial charge in [-0.3, -0.25) is 10.1 Å². The Bertz CT molecular complexity index is 881. The van der Waals surface area contributed by atoms with Gasteiger partial charge in [-0.25, -0.2) is 9.97 Å². The molecule has 2 aromatic heterocycles. The van der Waals surface area contributed by atoms with Gasteiger partial charge in [-0.1, -0.05) is 23.2 Å². The van der Waals surface area contributed by atoms with Gasteiger partial charge < -0.3 is 4.74 Å². The lowest BCUT2D eigenvalue weighted by Gasteiger charge is -2.03. The van der Waals surface area contributed by atoms with E-state index in [1.165, 1.54) is 23.5 Å². The number of rotatable bonds is 4. The van der Waals surface area contributed by atoms with E-state index in [9.17, 15) is 4.79 Å². The van der Waals surface area contributed by atoms with Gasteiger partial charge in [0.15, 0.2) is 5.13 Å². The summed E-state index contributed by atoms with van der Waals surface area (Å²) in [7, 11) is 1.61. The molecule has 3 rings (SSSR count). The van der Waals surface area contributed by atoms with Crippen molar-refractivity contribution in [2.24, 2.45) is 0 Å². The zero-order valence-electron chi connectivity index (χ0n) is 12.4. The Morgan fingerprint density at radius 2 is 1.88 bits per heavy atom. The van der Waals surface area contributed by atoms with Crippen LogP contribution in [-0.4, -0.2) is 23.0 Å². The van der Waals surface area contributed by atoms with E-state index in [4.69, 9.17) is 27.9 Å². The molecule has 0 aliphatic heterocycles. The molecule has 0 fully saturated rings. The molecule has 2 heterocycles. The van der Waals surface area contributed by atoms with Crippen LogP contribution < -0.4 is 10.1 Å². The average molecular weight is 380 g/mol. The maximum absolute atomic E-state index is 12.2. The van der Waals surface area contributed by atoms with Crippen molar-refractivity contribution < 1.29 is 9.53 Å². The molecule has 0 aliphatic carbocycles. The van der Waals surface area contributed by atoms with Crippen LogP contribution in [0.5, 0.6) is 5.75 Å². The third-order valence-corrected chi connectivity index (χ3v) is 4.41. The van der Waals surface area contributed by atoms with Crippen LogP contribution in [0.1, 0.15) is 10.5 Å². The number of methoxy groups -OCH3 is 1. The first-order chi connectivity index (χ1) is 11.6. The van der Waals surface area contributed by atoms with Gasteiger partial charge in [-0.05, 0) is 36.4 Å². The van der Waals surface area contributed by atoms with Crippen molar-refractivity contribution in [1.29, 1.82) is 0 Å². The molecule has 1 N–H and O–H groups in total. The first kappa shape index (κ1) is 16.7. The number of nitrogens with zero attached hydrogens (tertiary/aromatic N) is 2. The topological polar surface area (TPSA) is 64.1 Å². The summed E-state index contributed by atoms with van der Waals surface area (Å²) in [5.41, 5.74) is 1.74. The fourth-order valence-corrected chi connectivity index (χ4v) is 3.01. The molecular formula is C16H11Cl2N3O2S. The third-order valence-electron chi connectivity index (χ3n) is 3.14. The van der Waals surface area contributed by atoms with E-state index in [1.807, 2.05) is 29.6 Å². The molecule has 0 atom stereocenters. The van der Waals surface area contributed by atoms with E-state index in [1.54, 1.807) is 7.11 Å². The monoisotopic (exact) mass is 379 g/mol. The molecule has 0 bridgehead atoms. The van der Waals surface area contributed by atoms with Crippen molar-refractivity contribution in [3.63, 3.8) is 0 Å². The van der Waals surface area contributed by atoms with Crippen molar-refractivity contribution in [3.05, 3.63) is 57.6 Å². The highest BCUT2D eigenvalue weighted by Crippen LogP contribution is 2.27. The SMILES string of the molecule is COc1ccc(-c2csc(NC(=O)c3nc(Cl)ccc3Cl)n2)cc1. The number of thiazole rings is 1. The van der Waals surface area contributed by atoms with Crippen molar-refractivity contribution >= 4 is 45.6 Å². The number of pyridine rings is 1. The second kappa shape index (κ2) is 7.17. The van der Waals surface area contributed by atoms with Crippen LogP contribution in [0.4, 0.5) is 5.13 Å². The van der Waals surface area contributed by atoms with Crippen LogP contribution in [-0.2, 0) is 0 Å². The largest absolute Gasteiger partial charge is 0.497 e. The lowest BCUT2D eigenvalue weighted by atomic mass is 10.2. The molecular weight excluding hydrogens is 369 g/mol. The number of carbonyl (C=O) groups excluding carboxylic acids is 1. The van der Waals surface area contributed by atoms with Crippen LogP contribution >= 0.6 is 34.5 Å². The molecule has 3 aromatic rings. The van der Waals surface area contributed by atoms with Gasteiger partial charge in [0.2, 0.25) is 0 Å². The smallest absolute Gasteiger partial charge is 0.277 e. The molecule has 122 valence electrons. The van der Waals surface area contributed by atoms with E-state index >= 15 is 0 Å². The summed E-state index contributed by atoms with van der Waals surface area (Å²) in [5, 5.41) is 5.40. The summed E-state index contributed by atoms with van der Waals surface area (Å²) in [6.45, 7) is 0. The molecule has 0 saturated carbocycles. The molecule has 0 saturated heterocycles. The highest BCUT2D eigenvalue weighted by molar-refractivity contribution is 7.14. The number of hydrogen-bond donors (Lipinski definition) is 1. The fourth-order valence-electron chi connectivity index (χ4n) is 1.96. The van der Waals surface area contributed by atoms with Crippen molar-refractivity contribution in [1.82, 2.24) is 9.97 Å². The molecule has 8 heteroatoms. The van der Waals surface area contributed by atoms with Crippen molar-refractivity contribution in [2.45, 2.75) is 0 Å². The van der Waals surface area contributed by atoms with E-state index < -0.39 is 5.91 Å². The second-order valence-electron chi connectivity index (χ2n) is 4.68. The summed E-state index contributed by atoms with van der Waals surface area (Å²) in [5.74, 6) is 0.308. The first-order valence-electron chi connectivity index (χ1n) is 6.80. The number of carbonyl (C=O) groups is 1. The van der Waals surface area contributed by atoms with Crippen molar-refractivity contribution in [3.8, 4) is 17.0 Å². The molecule has 1 amide bonds. The van der Waals surface area contributed by atoms with Gasteiger partial charge in [0.25, 0.3) is 5.91 Å². The third kappa shape index (κ3) is 3.67. The summed E-state index contributed by atoms with van der Waals surface area (Å²) in [6, 6.07) is 10.5. The minimum atomic E-state index is -0.460. The van der Waals surface area contributed by atoms with E-state index in [-0.39, 0.29) is 15.9 Å². The van der Waals surface area contributed by atoms with E-state index in [2.05, 4.69) is 15.3 Å². The molecule has 0 aliphatic rings. The maximum Gasteiger partial charge on any atom is 0.277 e. The number of ether oxygens (including phenoxy) is 1. The number of hydrogen-bond acceptors (Lipinski definition) is 5. The van der Waals surface area contributed by atoms with Crippen LogP contribution in [0.25, 0.3) is 11.3 Å². The highest BCUT2D eigenvalue weighted by atomic mass is 35.5. The van der Waals surface area contributed by atoms with Gasteiger partial charge in [-0.15, -0.1) is 11.3 Å². The minimum absolute atomic E-state index is 0.0605. The highest BCUT2D eigenvalue weighted by Gasteiger charge is 2.15. The molecule has 1 aromatic carbocycles. The number of anilines is 1. The Morgan fingerprint density at radius 3 is 2.58 bits per heavy atom. The number of nitrogens with one attached hydrogen (secondary N) is 1. The quantitative estimate of drug-likeness (QED) is 0.662. The molecule has 0 radical (unpaired) electrons. The Kier molecular flexibility index (Phi) is 4.99. The predicted molar refractivity (Wildman–Crippen MR) is 96.3 cm³/mol. The lowest BCUT2D eigenvalue weighted by Crippen LogP contribution is -2.14. The van der Waals surface area contributed by atoms with E-state index in [0.29, 0.717) is 5.13 Å². The summed E-state index contributed by atoms with van der Waals surface area (Å²) in [4.78, 5) is 20.6. The maximum atomic E-state index is 12.2. The average Bonchev–Trinajstić information content (AvgIpc) is 3.05. The number of aromatic nitrogens is 2. The van der Waals surface area contributed by atoms with E-state index in [0.717, 1.165) is 17.0 Å². The molecule has 0 unspecified atom stereocenters. The summed E-state index contributed by atoms with van der Waals surface area (Å²) in [6.07, 6.45) is 0. The van der Waals surface area contributed by atoms with Gasteiger partial charge in [0, 0.05) is 10.9 Å². The van der Waals surface area contributed by atoms with Gasteiger partial charge >= 0.3 is 0 Å². The van der Waals surface area contributed by atoms with Crippen LogP contribution in [0.15, 0.2) is 41.8 Å². The zero-order valence-corrected chi connectivity index (χ0v) is 14.7. The lowest BCUT2D eigenvalue weighted by molar-refractivity contribution is 0.102. The molecule has 24 heavy (non-hydrogen) atoms. The summed E-state index contributed by atoms with van der Waals surface area (Å²) < 4.78 is 5.13. The van der Waals surface area contributed by atoms with Crippen molar-refractivity contribution in [2.75, 3.05) is 12.4 Å². The first-order valence-corrected chi connectivity index (χ1v) is 8.44. The van der Waals surface area contributed by atoms with Gasteiger partial charge in [-0.2, -0.15) is 0 Å². The molecule has 0 spiro atoms. The Labute approximate surface area is 152 Å². The van der Waals surface area contributed by atoms with Gasteiger partial charge in [0.1, 0.15) is 16.6 Å². The van der Waals surface area contributed by atoms with Gasteiger partial charge in [0.05, 0.1) is 17.8 Å². The Morgan fingerprint density at radius 1 is 1.12 bits per heavy atom. The van der Waals surface area contributed by atoms with Crippen LogP contribution in [0.2, 0.25) is 10.2 Å². The zero-order chi connectivity index (χ0) is 17.1. The normalized spacial score (nSPS) is 10.5. The number of halogens is 2.